The fourth-order valence-corrected chi connectivity index (χ4v) is 1.73. The van der Waals surface area contributed by atoms with E-state index in [-0.39, 0.29) is 6.10 Å². The highest BCUT2D eigenvalue weighted by Gasteiger charge is 2.08. The second kappa shape index (κ2) is 7.94. The lowest BCUT2D eigenvalue weighted by Gasteiger charge is -2.23. The predicted molar refractivity (Wildman–Crippen MR) is 78.8 cm³/mol. The average molecular weight is 266 g/mol. The van der Waals surface area contributed by atoms with E-state index >= 15 is 0 Å². The lowest BCUT2D eigenvalue weighted by molar-refractivity contribution is 0.232. The molecule has 0 aliphatic carbocycles. The minimum atomic E-state index is 0.125. The van der Waals surface area contributed by atoms with Crippen LogP contribution < -0.4 is 15.0 Å². The zero-order chi connectivity index (χ0) is 14.3. The zero-order valence-corrected chi connectivity index (χ0v) is 12.7. The van der Waals surface area contributed by atoms with Gasteiger partial charge < -0.3 is 15.0 Å². The highest BCUT2D eigenvalue weighted by Crippen LogP contribution is 2.16. The van der Waals surface area contributed by atoms with E-state index in [0.717, 1.165) is 25.5 Å². The van der Waals surface area contributed by atoms with E-state index in [2.05, 4.69) is 41.0 Å². The minimum Gasteiger partial charge on any atom is -0.475 e. The molecule has 5 nitrogen and oxygen atoms in total. The number of likely N-dealkylation sites (N-methyl/N-ethyl adjacent to an activating group) is 1. The van der Waals surface area contributed by atoms with Crippen molar-refractivity contribution >= 4 is 5.82 Å². The molecule has 1 N–H and O–H groups in total. The molecular formula is C14H26N4O. The van der Waals surface area contributed by atoms with Gasteiger partial charge in [-0.2, -0.15) is 0 Å². The average Bonchev–Trinajstić information content (AvgIpc) is 2.34. The SMILES string of the molecule is CCN(CCNC(C)C)c1cc(OC(C)C)ncn1. The Morgan fingerprint density at radius 3 is 2.58 bits per heavy atom. The monoisotopic (exact) mass is 266 g/mol. The Morgan fingerprint density at radius 1 is 1.26 bits per heavy atom. The van der Waals surface area contributed by atoms with Crippen LogP contribution in [0.5, 0.6) is 5.88 Å². The maximum atomic E-state index is 5.60. The quantitative estimate of drug-likeness (QED) is 0.781. The van der Waals surface area contributed by atoms with E-state index in [1.807, 2.05) is 19.9 Å². The van der Waals surface area contributed by atoms with Crippen molar-refractivity contribution in [1.29, 1.82) is 0 Å². The summed E-state index contributed by atoms with van der Waals surface area (Å²) in [7, 11) is 0. The van der Waals surface area contributed by atoms with Crippen molar-refractivity contribution < 1.29 is 4.74 Å². The van der Waals surface area contributed by atoms with Gasteiger partial charge in [-0.15, -0.1) is 0 Å². The van der Waals surface area contributed by atoms with Crippen molar-refractivity contribution in [3.63, 3.8) is 0 Å². The largest absolute Gasteiger partial charge is 0.475 e. The van der Waals surface area contributed by atoms with Crippen LogP contribution in [0.1, 0.15) is 34.6 Å². The molecule has 0 fully saturated rings. The molecular weight excluding hydrogens is 240 g/mol. The van der Waals surface area contributed by atoms with Gasteiger partial charge in [0.2, 0.25) is 5.88 Å². The van der Waals surface area contributed by atoms with Crippen LogP contribution >= 0.6 is 0 Å². The lowest BCUT2D eigenvalue weighted by Crippen LogP contribution is -2.35. The Bertz CT molecular complexity index is 368. The molecule has 0 atom stereocenters. The highest BCUT2D eigenvalue weighted by molar-refractivity contribution is 5.40. The van der Waals surface area contributed by atoms with Crippen molar-refractivity contribution in [2.75, 3.05) is 24.5 Å². The normalized spacial score (nSPS) is 11.1. The summed E-state index contributed by atoms with van der Waals surface area (Å²) in [5, 5.41) is 3.41. The second-order valence-corrected chi connectivity index (χ2v) is 5.07. The van der Waals surface area contributed by atoms with Crippen molar-refractivity contribution in [3.8, 4) is 5.88 Å². The maximum absolute atomic E-state index is 5.60. The molecule has 0 aromatic carbocycles. The van der Waals surface area contributed by atoms with Crippen molar-refractivity contribution in [3.05, 3.63) is 12.4 Å². The van der Waals surface area contributed by atoms with Gasteiger partial charge in [0, 0.05) is 31.7 Å². The fraction of sp³-hybridized carbons (Fsp3) is 0.714. The molecule has 1 rings (SSSR count). The molecule has 5 heteroatoms. The summed E-state index contributed by atoms with van der Waals surface area (Å²) >= 11 is 0. The molecule has 0 bridgehead atoms. The Morgan fingerprint density at radius 2 is 2.00 bits per heavy atom. The molecule has 0 unspecified atom stereocenters. The van der Waals surface area contributed by atoms with Gasteiger partial charge >= 0.3 is 0 Å². The van der Waals surface area contributed by atoms with E-state index < -0.39 is 0 Å². The van der Waals surface area contributed by atoms with Crippen LogP contribution in [0.3, 0.4) is 0 Å². The first kappa shape index (κ1) is 15.7. The smallest absolute Gasteiger partial charge is 0.218 e. The molecule has 0 aliphatic rings. The summed E-state index contributed by atoms with van der Waals surface area (Å²) in [4.78, 5) is 10.7. The van der Waals surface area contributed by atoms with Gasteiger partial charge in [0.1, 0.15) is 12.1 Å². The summed E-state index contributed by atoms with van der Waals surface area (Å²) in [6.45, 7) is 13.2. The Kier molecular flexibility index (Phi) is 6.56. The summed E-state index contributed by atoms with van der Waals surface area (Å²) < 4.78 is 5.60. The van der Waals surface area contributed by atoms with Crippen LogP contribution in [0.15, 0.2) is 12.4 Å². The molecule has 0 aliphatic heterocycles. The van der Waals surface area contributed by atoms with Crippen LogP contribution in [-0.4, -0.2) is 41.7 Å². The number of ether oxygens (including phenoxy) is 1. The fourth-order valence-electron chi connectivity index (χ4n) is 1.73. The number of aromatic nitrogens is 2. The van der Waals surface area contributed by atoms with E-state index in [0.29, 0.717) is 11.9 Å². The second-order valence-electron chi connectivity index (χ2n) is 5.07. The number of anilines is 1. The van der Waals surface area contributed by atoms with Crippen LogP contribution in [0, 0.1) is 0 Å². The highest BCUT2D eigenvalue weighted by atomic mass is 16.5. The zero-order valence-electron chi connectivity index (χ0n) is 12.7. The van der Waals surface area contributed by atoms with E-state index in [9.17, 15) is 0 Å². The topological polar surface area (TPSA) is 50.3 Å². The van der Waals surface area contributed by atoms with Crippen LogP contribution in [-0.2, 0) is 0 Å². The third kappa shape index (κ3) is 5.87. The van der Waals surface area contributed by atoms with Gasteiger partial charge in [0.15, 0.2) is 0 Å². The maximum Gasteiger partial charge on any atom is 0.218 e. The third-order valence-electron chi connectivity index (χ3n) is 2.62. The van der Waals surface area contributed by atoms with E-state index in [1.54, 1.807) is 6.33 Å². The van der Waals surface area contributed by atoms with Crippen LogP contribution in [0.2, 0.25) is 0 Å². The lowest BCUT2D eigenvalue weighted by atomic mass is 10.3. The number of nitrogens with zero attached hydrogens (tertiary/aromatic N) is 3. The van der Waals surface area contributed by atoms with Gasteiger partial charge in [-0.25, -0.2) is 9.97 Å². The summed E-state index contributed by atoms with van der Waals surface area (Å²) in [5.74, 6) is 1.55. The molecule has 0 amide bonds. The van der Waals surface area contributed by atoms with E-state index in [4.69, 9.17) is 4.74 Å². The molecule has 108 valence electrons. The standard InChI is InChI=1S/C14H26N4O/c1-6-18(8-7-15-11(2)3)13-9-14(17-10-16-13)19-12(4)5/h9-12,15H,6-8H2,1-5H3. The van der Waals surface area contributed by atoms with Crippen LogP contribution in [0.25, 0.3) is 0 Å². The Labute approximate surface area is 116 Å². The van der Waals surface area contributed by atoms with Gasteiger partial charge in [0.05, 0.1) is 6.10 Å². The predicted octanol–water partition coefficient (Wildman–Crippen LogP) is 2.09. The summed E-state index contributed by atoms with van der Waals surface area (Å²) in [6, 6.07) is 2.41. The first-order valence-electron chi connectivity index (χ1n) is 7.00. The van der Waals surface area contributed by atoms with Gasteiger partial charge in [0.25, 0.3) is 0 Å². The van der Waals surface area contributed by atoms with Crippen LogP contribution in [0.4, 0.5) is 5.82 Å². The van der Waals surface area contributed by atoms with Gasteiger partial charge in [-0.05, 0) is 20.8 Å². The van der Waals surface area contributed by atoms with Crippen molar-refractivity contribution in [2.24, 2.45) is 0 Å². The number of hydrogen-bond donors (Lipinski definition) is 1. The third-order valence-corrected chi connectivity index (χ3v) is 2.62. The molecule has 0 spiro atoms. The molecule has 1 aromatic rings. The van der Waals surface area contributed by atoms with Crippen molar-refractivity contribution in [2.45, 2.75) is 46.8 Å². The molecule has 1 aromatic heterocycles. The Balaban J connectivity index is 2.64. The van der Waals surface area contributed by atoms with Gasteiger partial charge in [-0.1, -0.05) is 13.8 Å². The number of nitrogens with one attached hydrogen (secondary N) is 1. The summed E-state index contributed by atoms with van der Waals surface area (Å²) in [5.41, 5.74) is 0. The first-order valence-corrected chi connectivity index (χ1v) is 7.00. The molecule has 0 saturated heterocycles. The summed E-state index contributed by atoms with van der Waals surface area (Å²) in [6.07, 6.45) is 1.69. The molecule has 0 radical (unpaired) electrons. The first-order chi connectivity index (χ1) is 9.02. The van der Waals surface area contributed by atoms with Gasteiger partial charge in [-0.3, -0.25) is 0 Å². The Hall–Kier alpha value is -1.36. The molecule has 1 heterocycles. The number of hydrogen-bond acceptors (Lipinski definition) is 5. The van der Waals surface area contributed by atoms with E-state index in [1.165, 1.54) is 0 Å². The molecule has 0 saturated carbocycles. The molecule has 19 heavy (non-hydrogen) atoms. The van der Waals surface area contributed by atoms with Crippen molar-refractivity contribution in [1.82, 2.24) is 15.3 Å². The minimum absolute atomic E-state index is 0.125. The number of rotatable bonds is 8.